The SMILES string of the molecule is Cc1ccc(-c2nn(-c3ccc(C)c(Cl)c3)c3nc(-c4ccc(OCc5ccccc5F)cc4)cc(C(F)(F)F)c23)cc1. The first-order chi connectivity index (χ1) is 20.6. The van der Waals surface area contributed by atoms with E-state index in [1.165, 1.54) is 10.7 Å². The molecule has 6 aromatic rings. The maximum absolute atomic E-state index is 14.7. The molecule has 0 aliphatic carbocycles. The Morgan fingerprint density at radius 3 is 2.21 bits per heavy atom. The predicted molar refractivity (Wildman–Crippen MR) is 160 cm³/mol. The van der Waals surface area contributed by atoms with Gasteiger partial charge in [-0.15, -0.1) is 0 Å². The van der Waals surface area contributed by atoms with E-state index in [-0.39, 0.29) is 34.8 Å². The molecular formula is C34H24ClF4N3O. The lowest BCUT2D eigenvalue weighted by Gasteiger charge is -2.13. The van der Waals surface area contributed by atoms with Crippen LogP contribution in [0.25, 0.3) is 39.2 Å². The molecule has 43 heavy (non-hydrogen) atoms. The quantitative estimate of drug-likeness (QED) is 0.178. The van der Waals surface area contributed by atoms with Crippen molar-refractivity contribution in [2.24, 2.45) is 0 Å². The molecule has 0 bridgehead atoms. The Kier molecular flexibility index (Phi) is 7.40. The second kappa shape index (κ2) is 11.2. The summed E-state index contributed by atoms with van der Waals surface area (Å²) in [5.41, 5.74) is 3.09. The summed E-state index contributed by atoms with van der Waals surface area (Å²) >= 11 is 6.40. The number of fused-ring (bicyclic) bond motifs is 1. The number of halogens is 5. The van der Waals surface area contributed by atoms with Crippen LogP contribution in [-0.4, -0.2) is 14.8 Å². The highest BCUT2D eigenvalue weighted by Crippen LogP contribution is 2.42. The molecule has 0 aliphatic heterocycles. The van der Waals surface area contributed by atoms with Gasteiger partial charge in [0.2, 0.25) is 0 Å². The summed E-state index contributed by atoms with van der Waals surface area (Å²) in [5, 5.41) is 5.00. The van der Waals surface area contributed by atoms with Gasteiger partial charge in [0.25, 0.3) is 0 Å². The second-order valence-corrected chi connectivity index (χ2v) is 10.6. The van der Waals surface area contributed by atoms with Gasteiger partial charge in [0.15, 0.2) is 5.65 Å². The van der Waals surface area contributed by atoms with Crippen LogP contribution in [0.1, 0.15) is 22.3 Å². The van der Waals surface area contributed by atoms with Gasteiger partial charge in [0.1, 0.15) is 23.9 Å². The minimum atomic E-state index is -4.70. The van der Waals surface area contributed by atoms with Gasteiger partial charge in [-0.05, 0) is 67.9 Å². The molecule has 0 unspecified atom stereocenters. The molecule has 4 aromatic carbocycles. The standard InChI is InChI=1S/C34H24ClF4N3O/c1-20-7-10-23(11-8-20)32-31-27(34(37,38)39)18-30(40-33(31)42(41-32)25-14-9-21(2)28(35)17-25)22-12-15-26(16-13-22)43-19-24-5-3-4-6-29(24)36/h3-18H,19H2,1-2H3. The third kappa shape index (κ3) is 5.70. The number of aromatic nitrogens is 3. The summed E-state index contributed by atoms with van der Waals surface area (Å²) in [7, 11) is 0. The zero-order valence-electron chi connectivity index (χ0n) is 23.1. The van der Waals surface area contributed by atoms with Crippen LogP contribution in [0.2, 0.25) is 5.02 Å². The van der Waals surface area contributed by atoms with E-state index in [0.717, 1.165) is 17.2 Å². The van der Waals surface area contributed by atoms with Gasteiger partial charge in [-0.1, -0.05) is 65.7 Å². The summed E-state index contributed by atoms with van der Waals surface area (Å²) < 4.78 is 65.2. The number of pyridine rings is 1. The highest BCUT2D eigenvalue weighted by atomic mass is 35.5. The fourth-order valence-corrected chi connectivity index (χ4v) is 4.97. The van der Waals surface area contributed by atoms with Crippen molar-refractivity contribution >= 4 is 22.6 Å². The minimum Gasteiger partial charge on any atom is -0.489 e. The third-order valence-corrected chi connectivity index (χ3v) is 7.58. The molecule has 0 aliphatic rings. The van der Waals surface area contributed by atoms with Crippen LogP contribution >= 0.6 is 11.6 Å². The van der Waals surface area contributed by atoms with Gasteiger partial charge in [0.05, 0.1) is 22.3 Å². The summed E-state index contributed by atoms with van der Waals surface area (Å²) in [5.74, 6) is 0.0536. The van der Waals surface area contributed by atoms with E-state index in [1.54, 1.807) is 72.8 Å². The van der Waals surface area contributed by atoms with Crippen molar-refractivity contribution in [3.8, 4) is 34.0 Å². The number of ether oxygens (including phenoxy) is 1. The smallest absolute Gasteiger partial charge is 0.417 e. The van der Waals surface area contributed by atoms with Crippen LogP contribution in [0.15, 0.2) is 97.1 Å². The number of hydrogen-bond acceptors (Lipinski definition) is 3. The molecule has 2 heterocycles. The maximum Gasteiger partial charge on any atom is 0.417 e. The lowest BCUT2D eigenvalue weighted by atomic mass is 10.0. The molecule has 216 valence electrons. The van der Waals surface area contributed by atoms with Gasteiger partial charge in [-0.25, -0.2) is 14.1 Å². The molecule has 0 saturated carbocycles. The highest BCUT2D eigenvalue weighted by molar-refractivity contribution is 6.31. The first-order valence-electron chi connectivity index (χ1n) is 13.4. The fourth-order valence-electron chi connectivity index (χ4n) is 4.79. The summed E-state index contributed by atoms with van der Waals surface area (Å²) in [6, 6.07) is 26.1. The number of rotatable bonds is 6. The molecule has 0 radical (unpaired) electrons. The van der Waals surface area contributed by atoms with Crippen molar-refractivity contribution in [3.63, 3.8) is 0 Å². The van der Waals surface area contributed by atoms with Gasteiger partial charge in [-0.3, -0.25) is 0 Å². The molecule has 0 saturated heterocycles. The molecule has 2 aromatic heterocycles. The monoisotopic (exact) mass is 601 g/mol. The molecule has 0 amide bonds. The van der Waals surface area contributed by atoms with E-state index >= 15 is 0 Å². The Hall–Kier alpha value is -4.69. The van der Waals surface area contributed by atoms with Gasteiger partial charge in [-0.2, -0.15) is 18.3 Å². The number of alkyl halides is 3. The minimum absolute atomic E-state index is 0.00847. The summed E-state index contributed by atoms with van der Waals surface area (Å²) in [4.78, 5) is 4.71. The van der Waals surface area contributed by atoms with Crippen LogP contribution in [0.5, 0.6) is 5.75 Å². The Balaban J connectivity index is 1.49. The van der Waals surface area contributed by atoms with Gasteiger partial charge >= 0.3 is 6.18 Å². The van der Waals surface area contributed by atoms with Crippen molar-refractivity contribution in [1.29, 1.82) is 0 Å². The number of aryl methyl sites for hydroxylation is 2. The third-order valence-electron chi connectivity index (χ3n) is 7.17. The Labute approximate surface area is 250 Å². The normalized spacial score (nSPS) is 11.7. The average molecular weight is 602 g/mol. The van der Waals surface area contributed by atoms with Crippen molar-refractivity contribution < 1.29 is 22.3 Å². The van der Waals surface area contributed by atoms with E-state index in [2.05, 4.69) is 5.10 Å². The molecular weight excluding hydrogens is 578 g/mol. The molecule has 0 spiro atoms. The zero-order valence-corrected chi connectivity index (χ0v) is 23.8. The largest absolute Gasteiger partial charge is 0.489 e. The first kappa shape index (κ1) is 28.4. The van der Waals surface area contributed by atoms with Crippen LogP contribution in [0.4, 0.5) is 17.6 Å². The molecule has 0 atom stereocenters. The Morgan fingerprint density at radius 1 is 0.837 bits per heavy atom. The molecule has 0 N–H and O–H groups in total. The van der Waals surface area contributed by atoms with E-state index in [0.29, 0.717) is 33.1 Å². The second-order valence-electron chi connectivity index (χ2n) is 10.2. The number of nitrogens with zero attached hydrogens (tertiary/aromatic N) is 3. The average Bonchev–Trinajstić information content (AvgIpc) is 3.37. The number of hydrogen-bond donors (Lipinski definition) is 0. The Morgan fingerprint density at radius 2 is 1.53 bits per heavy atom. The Bertz CT molecular complexity index is 1950. The van der Waals surface area contributed by atoms with Crippen LogP contribution in [-0.2, 0) is 12.8 Å². The fraction of sp³-hybridized carbons (Fsp3) is 0.118. The van der Waals surface area contributed by atoms with Crippen molar-refractivity contribution in [3.05, 3.63) is 130 Å². The van der Waals surface area contributed by atoms with Gasteiger partial charge < -0.3 is 4.74 Å². The first-order valence-corrected chi connectivity index (χ1v) is 13.8. The zero-order chi connectivity index (χ0) is 30.3. The van der Waals surface area contributed by atoms with Crippen LogP contribution in [0.3, 0.4) is 0 Å². The molecule has 0 fully saturated rings. The van der Waals surface area contributed by atoms with Crippen molar-refractivity contribution in [1.82, 2.24) is 14.8 Å². The lowest BCUT2D eigenvalue weighted by molar-refractivity contribution is -0.136. The topological polar surface area (TPSA) is 39.9 Å². The molecule has 9 heteroatoms. The van der Waals surface area contributed by atoms with Crippen LogP contribution < -0.4 is 4.74 Å². The van der Waals surface area contributed by atoms with E-state index in [1.807, 2.05) is 26.0 Å². The van der Waals surface area contributed by atoms with E-state index in [9.17, 15) is 17.6 Å². The lowest BCUT2D eigenvalue weighted by Crippen LogP contribution is -2.08. The van der Waals surface area contributed by atoms with Crippen LogP contribution in [0, 0.1) is 19.7 Å². The number of benzene rings is 4. The van der Waals surface area contributed by atoms with Gasteiger partial charge in [0, 0.05) is 21.7 Å². The molecule has 6 rings (SSSR count). The predicted octanol–water partition coefficient (Wildman–Crippen LogP) is 9.76. The molecule has 4 nitrogen and oxygen atoms in total. The maximum atomic E-state index is 14.7. The van der Waals surface area contributed by atoms with Crippen molar-refractivity contribution in [2.45, 2.75) is 26.6 Å². The summed E-state index contributed by atoms with van der Waals surface area (Å²) in [6.45, 7) is 3.75. The van der Waals surface area contributed by atoms with Crippen molar-refractivity contribution in [2.75, 3.05) is 0 Å². The van der Waals surface area contributed by atoms with E-state index in [4.69, 9.17) is 21.3 Å². The summed E-state index contributed by atoms with van der Waals surface area (Å²) in [6.07, 6.45) is -4.70. The highest BCUT2D eigenvalue weighted by Gasteiger charge is 2.36. The van der Waals surface area contributed by atoms with E-state index < -0.39 is 11.7 Å².